The summed E-state index contributed by atoms with van der Waals surface area (Å²) < 4.78 is 21.4. The average Bonchev–Trinajstić information content (AvgIpc) is 2.35. The molecule has 0 saturated heterocycles. The van der Waals surface area contributed by atoms with E-state index in [1.54, 1.807) is 28.4 Å². The number of hydrogen-bond acceptors (Lipinski definition) is 4. The van der Waals surface area contributed by atoms with Crippen LogP contribution in [-0.2, 0) is 17.7 Å². The molecule has 138 valence electrons. The van der Waals surface area contributed by atoms with Gasteiger partial charge in [0, 0.05) is 28.4 Å². The molecule has 0 aromatic heterocycles. The van der Waals surface area contributed by atoms with E-state index in [4.69, 9.17) is 17.7 Å². The SMILES string of the molecule is CO[Si](C)([CH-][Si](C)(C)C)OC.CO[Si](C)([CH-][Si](C)(C)C)OC.[Li+].[Tl+]. The third kappa shape index (κ3) is 19.0. The summed E-state index contributed by atoms with van der Waals surface area (Å²) in [5.74, 6) is 0. The van der Waals surface area contributed by atoms with Crippen LogP contribution in [0.15, 0.2) is 0 Å². The first-order valence-electron chi connectivity index (χ1n) is 7.60. The van der Waals surface area contributed by atoms with Crippen LogP contribution in [-0.4, -0.2) is 89.0 Å². The molecule has 0 radical (unpaired) electrons. The molecule has 0 spiro atoms. The van der Waals surface area contributed by atoms with Crippen LogP contribution in [0.25, 0.3) is 0 Å². The maximum absolute atomic E-state index is 5.36. The first-order valence-corrected chi connectivity index (χ1v) is 19.5. The van der Waals surface area contributed by atoms with Crippen LogP contribution in [0, 0.1) is 11.3 Å². The van der Waals surface area contributed by atoms with Crippen LogP contribution in [0.2, 0.25) is 52.4 Å². The largest absolute Gasteiger partial charge is 1.00 e. The number of hydrogen-bond donors (Lipinski definition) is 0. The van der Waals surface area contributed by atoms with Crippen molar-refractivity contribution >= 4 is 60.6 Å². The van der Waals surface area contributed by atoms with E-state index in [0.29, 0.717) is 0 Å². The Labute approximate surface area is 188 Å². The summed E-state index contributed by atoms with van der Waals surface area (Å²) in [4.78, 5) is 0. The van der Waals surface area contributed by atoms with Crippen LogP contribution >= 0.6 is 0 Å². The van der Waals surface area contributed by atoms with E-state index in [0.717, 1.165) is 0 Å². The zero-order valence-electron chi connectivity index (χ0n) is 18.4. The van der Waals surface area contributed by atoms with E-state index in [-0.39, 0.29) is 46.2 Å². The summed E-state index contributed by atoms with van der Waals surface area (Å²) in [6, 6.07) is 0. The molecule has 0 fully saturated rings. The fourth-order valence-corrected chi connectivity index (χ4v) is 16.8. The van der Waals surface area contributed by atoms with Crippen LogP contribution in [0.4, 0.5) is 0 Å². The molecule has 0 aliphatic rings. The molecule has 24 heavy (non-hydrogen) atoms. The minimum absolute atomic E-state index is 0. The molecule has 4 nitrogen and oxygen atoms in total. The smallest absolute Gasteiger partial charge is 0.421 e. The van der Waals surface area contributed by atoms with Crippen LogP contribution in [0.3, 0.4) is 0 Å². The molecule has 0 aromatic carbocycles. The zero-order chi connectivity index (χ0) is 18.2. The number of rotatable bonds is 8. The quantitative estimate of drug-likeness (QED) is 0.305. The van der Waals surface area contributed by atoms with Gasteiger partial charge in [0.1, 0.15) is 0 Å². The van der Waals surface area contributed by atoms with Crippen molar-refractivity contribution in [2.75, 3.05) is 28.4 Å². The van der Waals surface area contributed by atoms with Crippen LogP contribution in [0.1, 0.15) is 0 Å². The summed E-state index contributed by atoms with van der Waals surface area (Å²) in [6.45, 7) is 17.9. The summed E-state index contributed by atoms with van der Waals surface area (Å²) in [6.07, 6.45) is 0. The molecule has 0 aliphatic heterocycles. The van der Waals surface area contributed by atoms with Crippen molar-refractivity contribution in [1.82, 2.24) is 0 Å². The Hall–Kier alpha value is 2.23. The molecule has 0 bridgehead atoms. The van der Waals surface area contributed by atoms with Gasteiger partial charge in [0.25, 0.3) is 0 Å². The van der Waals surface area contributed by atoms with Crippen LogP contribution < -0.4 is 18.9 Å². The van der Waals surface area contributed by atoms with Gasteiger partial charge in [-0.1, -0.05) is 55.4 Å². The van der Waals surface area contributed by atoms with Gasteiger partial charge in [-0.25, -0.2) is 0 Å². The molecule has 0 heterocycles. The Balaban J connectivity index is -0.000000154. The van der Waals surface area contributed by atoms with Crippen molar-refractivity contribution in [1.29, 1.82) is 0 Å². The van der Waals surface area contributed by atoms with E-state index < -0.39 is 33.3 Å². The monoisotopic (exact) mass is 594 g/mol. The Kier molecular flexibility index (Phi) is 20.1. The Bertz CT molecular complexity index is 274. The topological polar surface area (TPSA) is 36.9 Å². The summed E-state index contributed by atoms with van der Waals surface area (Å²) in [5.41, 5.74) is 4.64. The Morgan fingerprint density at radius 1 is 0.500 bits per heavy atom. The summed E-state index contributed by atoms with van der Waals surface area (Å²) in [7, 11) is 0.826. The van der Waals surface area contributed by atoms with Gasteiger partial charge in [0.2, 0.25) is 0 Å². The fourth-order valence-electron chi connectivity index (χ4n) is 1.98. The molecule has 0 aliphatic carbocycles. The van der Waals surface area contributed by atoms with Crippen molar-refractivity contribution in [3.63, 3.8) is 0 Å². The van der Waals surface area contributed by atoms with E-state index in [1.807, 2.05) is 0 Å². The molecule has 10 heteroatoms. The van der Waals surface area contributed by atoms with Crippen LogP contribution in [0.5, 0.6) is 0 Å². The molecule has 0 saturated carbocycles. The van der Waals surface area contributed by atoms with E-state index in [2.05, 4.69) is 63.7 Å². The minimum Gasteiger partial charge on any atom is -0.421 e. The molecule has 0 unspecified atom stereocenters. The van der Waals surface area contributed by atoms with Crippen molar-refractivity contribution in [2.45, 2.75) is 52.4 Å². The first-order chi connectivity index (χ1) is 9.66. The van der Waals surface area contributed by atoms with Gasteiger partial charge in [-0.05, 0) is 13.1 Å². The van der Waals surface area contributed by atoms with Crippen molar-refractivity contribution in [3.05, 3.63) is 11.3 Å². The van der Waals surface area contributed by atoms with Gasteiger partial charge < -0.3 is 17.7 Å². The van der Waals surface area contributed by atoms with Gasteiger partial charge in [0.05, 0.1) is 0 Å². The maximum atomic E-state index is 5.36. The second kappa shape index (κ2) is 14.3. The van der Waals surface area contributed by atoms with Gasteiger partial charge in [-0.2, -0.15) is 0 Å². The van der Waals surface area contributed by atoms with E-state index in [1.165, 1.54) is 0 Å². The predicted octanol–water partition coefficient (Wildman–Crippen LogP) is 0.567. The fraction of sp³-hybridized carbons (Fsp3) is 0.857. The molecule has 0 amide bonds. The summed E-state index contributed by atoms with van der Waals surface area (Å²) >= 11 is 0. The predicted molar refractivity (Wildman–Crippen MR) is 112 cm³/mol. The standard InChI is InChI=1S/2C7H19O2Si2.Li.Tl/c2*1-8-11(6,9-2)7-10(3,4)5;;/h2*7H,1-6H3;;/q2*-1;2*+1. The summed E-state index contributed by atoms with van der Waals surface area (Å²) in [5, 5.41) is 0. The van der Waals surface area contributed by atoms with Gasteiger partial charge in [-0.15, -0.1) is 0 Å². The zero-order valence-corrected chi connectivity index (χ0v) is 26.9. The van der Waals surface area contributed by atoms with E-state index in [9.17, 15) is 0 Å². The minimum atomic E-state index is -1.90. The molecular formula is C14H38LiO4Si4Tl. The molecule has 0 atom stereocenters. The normalized spacial score (nSPS) is 12.5. The molecule has 0 N–H and O–H groups in total. The van der Waals surface area contributed by atoms with Gasteiger partial charge in [-0.3, -0.25) is 11.3 Å². The van der Waals surface area contributed by atoms with Gasteiger partial charge in [0.15, 0.2) is 17.1 Å². The third-order valence-corrected chi connectivity index (χ3v) is 17.4. The Morgan fingerprint density at radius 3 is 0.708 bits per heavy atom. The molecular weight excluding hydrogens is 556 g/mol. The maximum Gasteiger partial charge on any atom is 1.00 e. The molecule has 0 rings (SSSR count). The van der Waals surface area contributed by atoms with Gasteiger partial charge >= 0.3 is 46.2 Å². The van der Waals surface area contributed by atoms with Crippen molar-refractivity contribution in [3.8, 4) is 0 Å². The Morgan fingerprint density at radius 2 is 0.667 bits per heavy atom. The second-order valence-electron chi connectivity index (χ2n) is 7.87. The second-order valence-corrected chi connectivity index (χ2v) is 25.3. The average molecular weight is 594 g/mol. The third-order valence-electron chi connectivity index (χ3n) is 3.01. The van der Waals surface area contributed by atoms with E-state index >= 15 is 0 Å². The van der Waals surface area contributed by atoms with Crippen molar-refractivity contribution in [2.24, 2.45) is 0 Å². The van der Waals surface area contributed by atoms with Crippen molar-refractivity contribution < 1.29 is 36.6 Å². The molecule has 0 aromatic rings. The first kappa shape index (κ1) is 33.8.